The molecule has 2 heterocycles. The number of nitrogens with one attached hydrogen (secondary N) is 1. The van der Waals surface area contributed by atoms with Crippen molar-refractivity contribution in [3.63, 3.8) is 0 Å². The monoisotopic (exact) mass is 409 g/mol. The Morgan fingerprint density at radius 3 is 2.66 bits per heavy atom. The maximum absolute atomic E-state index is 14.7. The number of ether oxygens (including phenoxy) is 2. The summed E-state index contributed by atoms with van der Waals surface area (Å²) in [5, 5.41) is 3.52. The molecule has 2 aromatic carbocycles. The fourth-order valence-corrected chi connectivity index (χ4v) is 4.59. The molecule has 2 aliphatic heterocycles. The second-order valence-corrected chi connectivity index (χ2v) is 7.73. The van der Waals surface area contributed by atoms with Crippen LogP contribution in [0.2, 0.25) is 0 Å². The van der Waals surface area contributed by atoms with Crippen molar-refractivity contribution in [2.75, 3.05) is 19.8 Å². The molecule has 7 heteroatoms. The number of halogens is 4. The molecule has 1 spiro atoms. The van der Waals surface area contributed by atoms with Crippen LogP contribution in [0, 0.1) is 5.82 Å². The van der Waals surface area contributed by atoms with Gasteiger partial charge in [0, 0.05) is 11.5 Å². The number of benzene rings is 2. The molecule has 0 aromatic heterocycles. The molecule has 0 amide bonds. The predicted molar refractivity (Wildman–Crippen MR) is 100 cm³/mol. The number of hydrogen-bond acceptors (Lipinski definition) is 3. The Morgan fingerprint density at radius 2 is 1.90 bits per heavy atom. The molecule has 0 bridgehead atoms. The first-order chi connectivity index (χ1) is 13.9. The fourth-order valence-electron chi connectivity index (χ4n) is 4.59. The topological polar surface area (TPSA) is 30.5 Å². The lowest BCUT2D eigenvalue weighted by Gasteiger charge is -2.41. The fraction of sp³-hybridized carbons (Fsp3) is 0.455. The summed E-state index contributed by atoms with van der Waals surface area (Å²) >= 11 is 0. The Hall–Kier alpha value is -2.12. The van der Waals surface area contributed by atoms with Crippen molar-refractivity contribution >= 4 is 0 Å². The third-order valence-corrected chi connectivity index (χ3v) is 5.76. The number of hydrogen-bond donors (Lipinski definition) is 1. The van der Waals surface area contributed by atoms with Gasteiger partial charge in [0.05, 0.1) is 18.2 Å². The van der Waals surface area contributed by atoms with Gasteiger partial charge in [-0.2, -0.15) is 13.2 Å². The van der Waals surface area contributed by atoms with Gasteiger partial charge in [0.25, 0.3) is 0 Å². The van der Waals surface area contributed by atoms with Crippen LogP contribution in [0.5, 0.6) is 5.75 Å². The van der Waals surface area contributed by atoms with Crippen LogP contribution >= 0.6 is 0 Å². The van der Waals surface area contributed by atoms with E-state index >= 15 is 0 Å². The van der Waals surface area contributed by atoms with Crippen molar-refractivity contribution in [1.29, 1.82) is 0 Å². The van der Waals surface area contributed by atoms with Crippen LogP contribution in [0.25, 0.3) is 0 Å². The van der Waals surface area contributed by atoms with Crippen LogP contribution in [0.3, 0.4) is 0 Å². The lowest BCUT2D eigenvalue weighted by atomic mass is 9.77. The van der Waals surface area contributed by atoms with Crippen LogP contribution in [-0.4, -0.2) is 31.5 Å². The average molecular weight is 409 g/mol. The first-order valence-electron chi connectivity index (χ1n) is 9.78. The maximum Gasteiger partial charge on any atom is 0.422 e. The maximum atomic E-state index is 14.7. The molecule has 2 aromatic rings. The Labute approximate surface area is 167 Å². The van der Waals surface area contributed by atoms with Crippen molar-refractivity contribution < 1.29 is 27.0 Å². The lowest BCUT2D eigenvalue weighted by molar-refractivity contribution is -0.153. The van der Waals surface area contributed by atoms with Crippen LogP contribution < -0.4 is 10.1 Å². The highest BCUT2D eigenvalue weighted by Gasteiger charge is 2.49. The Morgan fingerprint density at radius 1 is 1.10 bits per heavy atom. The van der Waals surface area contributed by atoms with E-state index in [4.69, 9.17) is 9.47 Å². The van der Waals surface area contributed by atoms with E-state index in [2.05, 4.69) is 5.32 Å². The highest BCUT2D eigenvalue weighted by molar-refractivity contribution is 5.39. The van der Waals surface area contributed by atoms with E-state index in [1.165, 1.54) is 18.2 Å². The summed E-state index contributed by atoms with van der Waals surface area (Å²) in [6, 6.07) is 13.9. The van der Waals surface area contributed by atoms with Gasteiger partial charge < -0.3 is 14.8 Å². The van der Waals surface area contributed by atoms with Crippen molar-refractivity contribution in [3.8, 4) is 5.75 Å². The lowest BCUT2D eigenvalue weighted by Crippen LogP contribution is -2.48. The highest BCUT2D eigenvalue weighted by atomic mass is 19.4. The molecular weight excluding hydrogens is 386 g/mol. The predicted octanol–water partition coefficient (Wildman–Crippen LogP) is 5.13. The molecule has 0 unspecified atom stereocenters. The second kappa shape index (κ2) is 7.95. The minimum atomic E-state index is -4.48. The van der Waals surface area contributed by atoms with E-state index in [0.29, 0.717) is 6.42 Å². The van der Waals surface area contributed by atoms with Gasteiger partial charge in [-0.05, 0) is 43.5 Å². The van der Waals surface area contributed by atoms with E-state index in [0.717, 1.165) is 24.9 Å². The average Bonchev–Trinajstić information content (AvgIpc) is 3.10. The molecule has 156 valence electrons. The van der Waals surface area contributed by atoms with E-state index in [1.807, 2.05) is 30.3 Å². The van der Waals surface area contributed by atoms with E-state index in [9.17, 15) is 17.6 Å². The van der Waals surface area contributed by atoms with Gasteiger partial charge in [-0.25, -0.2) is 4.39 Å². The molecule has 3 nitrogen and oxygen atoms in total. The third-order valence-electron chi connectivity index (χ3n) is 5.76. The van der Waals surface area contributed by atoms with Crippen molar-refractivity contribution in [2.24, 2.45) is 0 Å². The summed E-state index contributed by atoms with van der Waals surface area (Å²) in [6.07, 6.45) is -2.24. The first-order valence-corrected chi connectivity index (χ1v) is 9.78. The number of alkyl halides is 3. The number of rotatable bonds is 4. The van der Waals surface area contributed by atoms with Gasteiger partial charge >= 0.3 is 6.18 Å². The van der Waals surface area contributed by atoms with Crippen LogP contribution in [0.15, 0.2) is 48.5 Å². The van der Waals surface area contributed by atoms with Gasteiger partial charge in [0.1, 0.15) is 11.6 Å². The van der Waals surface area contributed by atoms with E-state index < -0.39 is 24.2 Å². The van der Waals surface area contributed by atoms with Crippen LogP contribution in [0.1, 0.15) is 42.3 Å². The highest BCUT2D eigenvalue weighted by Crippen LogP contribution is 2.50. The third kappa shape index (κ3) is 4.26. The van der Waals surface area contributed by atoms with Crippen molar-refractivity contribution in [3.05, 3.63) is 65.5 Å². The zero-order chi connectivity index (χ0) is 20.5. The molecule has 0 saturated carbocycles. The standard InChI is InChI=1S/C22H23F4NO2/c23-17-8-4-9-18(28-14-22(24,25)26)19(17)16-12-21(29-13-16)10-5-11-27-20(21)15-6-2-1-3-7-15/h1-4,6-9,16,20,27H,5,10-14H2/t16-,20+,21-/m1/s1. The molecule has 0 aliphatic carbocycles. The Kier molecular flexibility index (Phi) is 5.53. The van der Waals surface area contributed by atoms with Crippen LogP contribution in [0.4, 0.5) is 17.6 Å². The molecule has 2 saturated heterocycles. The SMILES string of the molecule is Fc1cccc(OCC(F)(F)F)c1[C@H]1CO[C@]2(CCCN[C@H]2c2ccccc2)C1. The molecule has 2 aliphatic rings. The van der Waals surface area contributed by atoms with Gasteiger partial charge in [0.2, 0.25) is 0 Å². The molecule has 3 atom stereocenters. The summed E-state index contributed by atoms with van der Waals surface area (Å²) in [7, 11) is 0. The van der Waals surface area contributed by atoms with Crippen molar-refractivity contribution in [2.45, 2.75) is 43.0 Å². The summed E-state index contributed by atoms with van der Waals surface area (Å²) in [5.74, 6) is -0.992. The molecule has 4 rings (SSSR count). The van der Waals surface area contributed by atoms with Gasteiger partial charge in [-0.1, -0.05) is 36.4 Å². The molecule has 1 N–H and O–H groups in total. The quantitative estimate of drug-likeness (QED) is 0.710. The normalized spacial score (nSPS) is 27.3. The largest absolute Gasteiger partial charge is 0.484 e. The zero-order valence-electron chi connectivity index (χ0n) is 15.8. The molecule has 29 heavy (non-hydrogen) atoms. The van der Waals surface area contributed by atoms with E-state index in [-0.39, 0.29) is 29.9 Å². The smallest absolute Gasteiger partial charge is 0.422 e. The molecule has 2 fully saturated rings. The molecular formula is C22H23F4NO2. The van der Waals surface area contributed by atoms with Crippen LogP contribution in [-0.2, 0) is 4.74 Å². The molecule has 0 radical (unpaired) electrons. The first kappa shape index (κ1) is 20.2. The summed E-state index contributed by atoms with van der Waals surface area (Å²) in [5.41, 5.74) is 0.745. The van der Waals surface area contributed by atoms with Gasteiger partial charge in [-0.15, -0.1) is 0 Å². The zero-order valence-corrected chi connectivity index (χ0v) is 15.8. The van der Waals surface area contributed by atoms with Crippen molar-refractivity contribution in [1.82, 2.24) is 5.32 Å². The Balaban J connectivity index is 1.61. The van der Waals surface area contributed by atoms with E-state index in [1.54, 1.807) is 0 Å². The minimum Gasteiger partial charge on any atom is -0.484 e. The summed E-state index contributed by atoms with van der Waals surface area (Å²) in [6.45, 7) is -0.348. The van der Waals surface area contributed by atoms with Gasteiger partial charge in [0.15, 0.2) is 6.61 Å². The Bertz CT molecular complexity index is 842. The minimum absolute atomic E-state index is 0.0474. The second-order valence-electron chi connectivity index (χ2n) is 7.73. The number of piperidine rings is 1. The summed E-state index contributed by atoms with van der Waals surface area (Å²) < 4.78 is 63.7. The van der Waals surface area contributed by atoms with Gasteiger partial charge in [-0.3, -0.25) is 0 Å². The summed E-state index contributed by atoms with van der Waals surface area (Å²) in [4.78, 5) is 0.